The third-order valence-electron chi connectivity index (χ3n) is 5.63. The summed E-state index contributed by atoms with van der Waals surface area (Å²) in [7, 11) is -0.0753. The lowest BCUT2D eigenvalue weighted by Gasteiger charge is -2.39. The zero-order valence-corrected chi connectivity index (χ0v) is 19.2. The summed E-state index contributed by atoms with van der Waals surface area (Å²) in [5.74, 6) is 0.00253. The Morgan fingerprint density at radius 1 is 0.933 bits per heavy atom. The highest BCUT2D eigenvalue weighted by Gasteiger charge is 2.36. The van der Waals surface area contributed by atoms with Crippen molar-refractivity contribution >= 4 is 15.9 Å². The van der Waals surface area contributed by atoms with E-state index in [0.29, 0.717) is 31.1 Å². The molecule has 1 amide bonds. The molecule has 0 unspecified atom stereocenters. The molecule has 0 aromatic heterocycles. The lowest BCUT2D eigenvalue weighted by atomic mass is 10.0. The maximum atomic E-state index is 13.4. The van der Waals surface area contributed by atoms with Crippen LogP contribution in [0.25, 0.3) is 0 Å². The summed E-state index contributed by atoms with van der Waals surface area (Å²) in [6.07, 6.45) is 0. The number of nitrogens with zero attached hydrogens (tertiary/aromatic N) is 3. The fraction of sp³-hybridized carbons (Fsp3) is 0.435. The Labute approximate surface area is 180 Å². The number of likely N-dealkylation sites (N-methyl/N-ethyl adjacent to an activating group) is 1. The van der Waals surface area contributed by atoms with Crippen LogP contribution in [-0.2, 0) is 14.8 Å². The molecule has 0 bridgehead atoms. The molecule has 0 N–H and O–H groups in total. The fourth-order valence-electron chi connectivity index (χ4n) is 4.29. The maximum absolute atomic E-state index is 13.4. The Kier molecular flexibility index (Phi) is 6.65. The molecular formula is C23H31N3O3S. The van der Waals surface area contributed by atoms with Crippen LogP contribution < -0.4 is 0 Å². The molecule has 0 spiro atoms. The van der Waals surface area contributed by atoms with Crippen molar-refractivity contribution in [2.75, 3.05) is 40.3 Å². The predicted molar refractivity (Wildman–Crippen MR) is 119 cm³/mol. The number of carbonyl (C=O) groups is 1. The quantitative estimate of drug-likeness (QED) is 0.733. The molecule has 30 heavy (non-hydrogen) atoms. The molecular weight excluding hydrogens is 398 g/mol. The number of sulfonamides is 1. The largest absolute Gasteiger partial charge is 0.347 e. The predicted octanol–water partition coefficient (Wildman–Crippen LogP) is 2.75. The van der Waals surface area contributed by atoms with Gasteiger partial charge in [-0.2, -0.15) is 4.31 Å². The van der Waals surface area contributed by atoms with Gasteiger partial charge in [-0.25, -0.2) is 8.42 Å². The van der Waals surface area contributed by atoms with E-state index < -0.39 is 16.1 Å². The van der Waals surface area contributed by atoms with E-state index in [2.05, 4.69) is 4.90 Å². The average molecular weight is 430 g/mol. The molecule has 0 radical (unpaired) electrons. The Morgan fingerprint density at radius 2 is 1.47 bits per heavy atom. The fourth-order valence-corrected chi connectivity index (χ4v) is 6.13. The first kappa shape index (κ1) is 22.5. The van der Waals surface area contributed by atoms with Gasteiger partial charge in [0.25, 0.3) is 0 Å². The Morgan fingerprint density at radius 3 is 1.97 bits per heavy atom. The highest BCUT2D eigenvalue weighted by molar-refractivity contribution is 7.89. The molecule has 3 rings (SSSR count). The third kappa shape index (κ3) is 4.43. The minimum Gasteiger partial charge on any atom is -0.347 e. The number of rotatable bonds is 5. The Bertz CT molecular complexity index is 988. The number of aryl methyl sites for hydroxylation is 3. The van der Waals surface area contributed by atoms with Gasteiger partial charge in [-0.1, -0.05) is 48.0 Å². The second kappa shape index (κ2) is 8.88. The molecule has 1 heterocycles. The molecule has 162 valence electrons. The van der Waals surface area contributed by atoms with Crippen LogP contribution in [-0.4, -0.2) is 68.7 Å². The van der Waals surface area contributed by atoms with E-state index in [1.54, 1.807) is 23.3 Å². The van der Waals surface area contributed by atoms with E-state index in [-0.39, 0.29) is 5.91 Å². The standard InChI is InChI=1S/C23H31N3O3S/c1-17-15-18(2)22(19(3)16-17)30(28,29)26-13-11-25(12-14-26)21(23(27)24(4)5)20-9-7-6-8-10-20/h6-10,15-16,21H,11-14H2,1-5H3/t21-/m0/s1. The van der Waals surface area contributed by atoms with Crippen molar-refractivity contribution in [1.82, 2.24) is 14.1 Å². The van der Waals surface area contributed by atoms with Gasteiger partial charge in [0.1, 0.15) is 6.04 Å². The summed E-state index contributed by atoms with van der Waals surface area (Å²) in [4.78, 5) is 17.0. The number of amides is 1. The normalized spacial score (nSPS) is 17.0. The minimum absolute atomic E-state index is 0.00253. The SMILES string of the molecule is Cc1cc(C)c(S(=O)(=O)N2CCN([C@H](C(=O)N(C)C)c3ccccc3)CC2)c(C)c1. The van der Waals surface area contributed by atoms with Crippen LogP contribution in [0.1, 0.15) is 28.3 Å². The monoisotopic (exact) mass is 429 g/mol. The van der Waals surface area contributed by atoms with Gasteiger partial charge in [0.2, 0.25) is 15.9 Å². The second-order valence-electron chi connectivity index (χ2n) is 8.21. The number of carbonyl (C=O) groups excluding carboxylic acids is 1. The lowest BCUT2D eigenvalue weighted by molar-refractivity contribution is -0.135. The van der Waals surface area contributed by atoms with E-state index in [4.69, 9.17) is 0 Å². The smallest absolute Gasteiger partial charge is 0.244 e. The number of benzene rings is 2. The van der Waals surface area contributed by atoms with Crippen molar-refractivity contribution in [3.8, 4) is 0 Å². The summed E-state index contributed by atoms with van der Waals surface area (Å²) in [6.45, 7) is 7.40. The van der Waals surface area contributed by atoms with Crippen LogP contribution in [0.2, 0.25) is 0 Å². The van der Waals surface area contributed by atoms with E-state index in [1.807, 2.05) is 63.2 Å². The molecule has 1 saturated heterocycles. The minimum atomic E-state index is -3.58. The molecule has 1 aliphatic heterocycles. The Balaban J connectivity index is 1.83. The molecule has 2 aromatic rings. The van der Waals surface area contributed by atoms with Crippen LogP contribution in [0, 0.1) is 20.8 Å². The molecule has 6 nitrogen and oxygen atoms in total. The zero-order valence-electron chi connectivity index (χ0n) is 18.4. The van der Waals surface area contributed by atoms with Crippen molar-refractivity contribution in [2.45, 2.75) is 31.7 Å². The summed E-state index contributed by atoms with van der Waals surface area (Å²) >= 11 is 0. The van der Waals surface area contributed by atoms with Crippen molar-refractivity contribution in [3.63, 3.8) is 0 Å². The van der Waals surface area contributed by atoms with Gasteiger partial charge in [0, 0.05) is 40.3 Å². The molecule has 1 atom stereocenters. The molecule has 2 aromatic carbocycles. The van der Waals surface area contributed by atoms with Gasteiger partial charge in [0.05, 0.1) is 4.90 Å². The van der Waals surface area contributed by atoms with E-state index >= 15 is 0 Å². The first-order chi connectivity index (χ1) is 14.1. The zero-order chi connectivity index (χ0) is 22.1. The topological polar surface area (TPSA) is 60.9 Å². The summed E-state index contributed by atoms with van der Waals surface area (Å²) < 4.78 is 28.3. The van der Waals surface area contributed by atoms with E-state index in [1.165, 1.54) is 0 Å². The first-order valence-corrected chi connectivity index (χ1v) is 11.6. The maximum Gasteiger partial charge on any atom is 0.244 e. The van der Waals surface area contributed by atoms with Crippen LogP contribution in [0.15, 0.2) is 47.4 Å². The van der Waals surface area contributed by atoms with Gasteiger partial charge in [-0.15, -0.1) is 0 Å². The van der Waals surface area contributed by atoms with Gasteiger partial charge in [-0.05, 0) is 37.5 Å². The molecule has 7 heteroatoms. The van der Waals surface area contributed by atoms with Crippen molar-refractivity contribution in [3.05, 3.63) is 64.7 Å². The third-order valence-corrected chi connectivity index (χ3v) is 7.84. The second-order valence-corrected chi connectivity index (χ2v) is 10.1. The van der Waals surface area contributed by atoms with Gasteiger partial charge < -0.3 is 4.90 Å². The van der Waals surface area contributed by atoms with Crippen LogP contribution >= 0.6 is 0 Å². The molecule has 0 saturated carbocycles. The van der Waals surface area contributed by atoms with Gasteiger partial charge in [0.15, 0.2) is 0 Å². The van der Waals surface area contributed by atoms with Crippen LogP contribution in [0.3, 0.4) is 0 Å². The molecule has 0 aliphatic carbocycles. The van der Waals surface area contributed by atoms with E-state index in [0.717, 1.165) is 22.3 Å². The highest BCUT2D eigenvalue weighted by Crippen LogP contribution is 2.29. The van der Waals surface area contributed by atoms with Gasteiger partial charge >= 0.3 is 0 Å². The lowest BCUT2D eigenvalue weighted by Crippen LogP contribution is -2.52. The first-order valence-electron chi connectivity index (χ1n) is 10.2. The van der Waals surface area contributed by atoms with Crippen molar-refractivity contribution < 1.29 is 13.2 Å². The Hall–Kier alpha value is -2.22. The average Bonchev–Trinajstić information content (AvgIpc) is 2.68. The summed E-state index contributed by atoms with van der Waals surface area (Å²) in [6, 6.07) is 13.1. The van der Waals surface area contributed by atoms with Crippen molar-refractivity contribution in [2.24, 2.45) is 0 Å². The van der Waals surface area contributed by atoms with Gasteiger partial charge in [-0.3, -0.25) is 9.69 Å². The van der Waals surface area contributed by atoms with Crippen molar-refractivity contribution in [1.29, 1.82) is 0 Å². The number of hydrogen-bond acceptors (Lipinski definition) is 4. The molecule has 1 fully saturated rings. The summed E-state index contributed by atoms with van der Waals surface area (Å²) in [5, 5.41) is 0. The van der Waals surface area contributed by atoms with E-state index in [9.17, 15) is 13.2 Å². The van der Waals surface area contributed by atoms with Crippen LogP contribution in [0.4, 0.5) is 0 Å². The molecule has 1 aliphatic rings. The number of hydrogen-bond donors (Lipinski definition) is 0. The number of piperazine rings is 1. The van der Waals surface area contributed by atoms with Crippen LogP contribution in [0.5, 0.6) is 0 Å². The summed E-state index contributed by atoms with van der Waals surface area (Å²) in [5.41, 5.74) is 3.54. The highest BCUT2D eigenvalue weighted by atomic mass is 32.2.